The second-order valence-electron chi connectivity index (χ2n) is 9.84. The zero-order chi connectivity index (χ0) is 25.5. The van der Waals surface area contributed by atoms with Crippen LogP contribution in [0.3, 0.4) is 0 Å². The van der Waals surface area contributed by atoms with Crippen LogP contribution in [-0.2, 0) is 0 Å². The first-order valence-corrected chi connectivity index (χ1v) is 14.5. The van der Waals surface area contributed by atoms with E-state index >= 15 is 0 Å². The van der Waals surface area contributed by atoms with Crippen molar-refractivity contribution in [3.8, 4) is 16.8 Å². The quantitative estimate of drug-likeness (QED) is 0.221. The highest BCUT2D eigenvalue weighted by Crippen LogP contribution is 2.51. The van der Waals surface area contributed by atoms with Crippen LogP contribution in [0.4, 0.5) is 0 Å². The van der Waals surface area contributed by atoms with Crippen molar-refractivity contribution in [3.05, 3.63) is 116 Å². The lowest BCUT2D eigenvalue weighted by molar-refractivity contribution is 1.19. The van der Waals surface area contributed by atoms with Crippen LogP contribution >= 0.6 is 22.7 Å². The topological polar surface area (TPSA) is 30.7 Å². The van der Waals surface area contributed by atoms with Gasteiger partial charge in [0.2, 0.25) is 0 Å². The average molecular weight is 534 g/mol. The standard InChI is InChI=1S/C34H19N3S2/c1-2-8-20(9-3-1)21-14-16-22(17-15-21)37-26-12-6-4-10-23(26)28-29-25-18-35-19-36-34(25)39-32(29)30-24-11-5-7-13-27(24)38-33(30)31(28)37/h1-19H. The Labute approximate surface area is 231 Å². The van der Waals surface area contributed by atoms with E-state index in [4.69, 9.17) is 0 Å². The predicted molar refractivity (Wildman–Crippen MR) is 168 cm³/mol. The second-order valence-corrected chi connectivity index (χ2v) is 11.9. The largest absolute Gasteiger partial charge is 0.308 e. The third-order valence-corrected chi connectivity index (χ3v) is 10.1. The molecule has 39 heavy (non-hydrogen) atoms. The van der Waals surface area contributed by atoms with Crippen LogP contribution < -0.4 is 0 Å². The zero-order valence-corrected chi connectivity index (χ0v) is 22.3. The number of hydrogen-bond donors (Lipinski definition) is 0. The lowest BCUT2D eigenvalue weighted by Gasteiger charge is -2.10. The summed E-state index contributed by atoms with van der Waals surface area (Å²) in [5.41, 5.74) is 6.08. The first kappa shape index (κ1) is 21.4. The molecular formula is C34H19N3S2. The summed E-state index contributed by atoms with van der Waals surface area (Å²) in [6, 6.07) is 37.1. The molecule has 0 radical (unpaired) electrons. The first-order valence-electron chi connectivity index (χ1n) is 12.9. The maximum atomic E-state index is 4.68. The molecule has 9 rings (SSSR count). The molecule has 4 heterocycles. The summed E-state index contributed by atoms with van der Waals surface area (Å²) < 4.78 is 6.39. The van der Waals surface area contributed by atoms with E-state index in [9.17, 15) is 0 Å². The van der Waals surface area contributed by atoms with Gasteiger partial charge in [-0.25, -0.2) is 9.97 Å². The summed E-state index contributed by atoms with van der Waals surface area (Å²) in [5.74, 6) is 0. The Morgan fingerprint density at radius 3 is 2.18 bits per heavy atom. The van der Waals surface area contributed by atoms with Crippen LogP contribution in [-0.4, -0.2) is 14.5 Å². The highest BCUT2D eigenvalue weighted by molar-refractivity contribution is 7.30. The second kappa shape index (κ2) is 7.96. The number of rotatable bonds is 2. The Morgan fingerprint density at radius 1 is 0.564 bits per heavy atom. The van der Waals surface area contributed by atoms with Crippen molar-refractivity contribution >= 4 is 85.0 Å². The molecule has 0 unspecified atom stereocenters. The number of hydrogen-bond acceptors (Lipinski definition) is 4. The highest BCUT2D eigenvalue weighted by atomic mass is 32.1. The number of aromatic nitrogens is 3. The monoisotopic (exact) mass is 533 g/mol. The fourth-order valence-corrected chi connectivity index (χ4v) is 8.61. The van der Waals surface area contributed by atoms with E-state index in [2.05, 4.69) is 118 Å². The highest BCUT2D eigenvalue weighted by Gasteiger charge is 2.24. The Balaban J connectivity index is 1.50. The van der Waals surface area contributed by atoms with E-state index in [0.717, 1.165) is 15.9 Å². The maximum Gasteiger partial charge on any atom is 0.127 e. The molecule has 0 aliphatic heterocycles. The molecule has 9 aromatic rings. The molecule has 3 nitrogen and oxygen atoms in total. The summed E-state index contributed by atoms with van der Waals surface area (Å²) in [6.07, 6.45) is 3.65. The summed E-state index contributed by atoms with van der Waals surface area (Å²) in [4.78, 5) is 10.2. The molecule has 0 aliphatic carbocycles. The number of nitrogens with zero attached hydrogens (tertiary/aromatic N) is 3. The van der Waals surface area contributed by atoms with E-state index in [0.29, 0.717) is 0 Å². The minimum Gasteiger partial charge on any atom is -0.308 e. The smallest absolute Gasteiger partial charge is 0.127 e. The molecule has 182 valence electrons. The Bertz CT molecular complexity index is 2380. The third-order valence-electron chi connectivity index (χ3n) is 7.77. The summed E-state index contributed by atoms with van der Waals surface area (Å²) >= 11 is 3.67. The molecule has 0 amide bonds. The number of benzene rings is 5. The molecule has 0 saturated heterocycles. The number of para-hydroxylation sites is 1. The van der Waals surface area contributed by atoms with Crippen LogP contribution in [0.15, 0.2) is 116 Å². The average Bonchev–Trinajstić information content (AvgIpc) is 3.67. The first-order chi connectivity index (χ1) is 19.4. The van der Waals surface area contributed by atoms with Crippen LogP contribution in [0.2, 0.25) is 0 Å². The molecule has 0 fully saturated rings. The Morgan fingerprint density at radius 2 is 1.31 bits per heavy atom. The van der Waals surface area contributed by atoms with Crippen LogP contribution in [0.25, 0.3) is 79.1 Å². The van der Waals surface area contributed by atoms with E-state index in [1.807, 2.05) is 17.5 Å². The van der Waals surface area contributed by atoms with Gasteiger partial charge in [0.15, 0.2) is 0 Å². The summed E-state index contributed by atoms with van der Waals surface area (Å²) in [6.45, 7) is 0. The van der Waals surface area contributed by atoms with Crippen molar-refractivity contribution in [2.24, 2.45) is 0 Å². The van der Waals surface area contributed by atoms with Gasteiger partial charge in [-0.1, -0.05) is 78.9 Å². The molecule has 4 aromatic heterocycles. The minimum atomic E-state index is 1.04. The fourth-order valence-electron chi connectivity index (χ4n) is 6.11. The van der Waals surface area contributed by atoms with Crippen LogP contribution in [0.5, 0.6) is 0 Å². The molecule has 0 spiro atoms. The van der Waals surface area contributed by atoms with Crippen molar-refractivity contribution in [1.82, 2.24) is 14.5 Å². The van der Waals surface area contributed by atoms with Gasteiger partial charge in [0, 0.05) is 53.6 Å². The van der Waals surface area contributed by atoms with Gasteiger partial charge < -0.3 is 4.57 Å². The maximum absolute atomic E-state index is 4.68. The lowest BCUT2D eigenvalue weighted by atomic mass is 10.0. The van der Waals surface area contributed by atoms with Gasteiger partial charge in [0.25, 0.3) is 0 Å². The zero-order valence-electron chi connectivity index (χ0n) is 20.6. The van der Waals surface area contributed by atoms with Gasteiger partial charge in [0.05, 0.1) is 15.7 Å². The number of thiophene rings is 2. The van der Waals surface area contributed by atoms with Gasteiger partial charge in [-0.3, -0.25) is 0 Å². The van der Waals surface area contributed by atoms with Crippen LogP contribution in [0, 0.1) is 0 Å². The van der Waals surface area contributed by atoms with Gasteiger partial charge in [0.1, 0.15) is 11.2 Å². The van der Waals surface area contributed by atoms with E-state index in [-0.39, 0.29) is 0 Å². The van der Waals surface area contributed by atoms with Crippen molar-refractivity contribution < 1.29 is 0 Å². The van der Waals surface area contributed by atoms with Gasteiger partial charge >= 0.3 is 0 Å². The lowest BCUT2D eigenvalue weighted by Crippen LogP contribution is -1.94. The van der Waals surface area contributed by atoms with Crippen molar-refractivity contribution in [3.63, 3.8) is 0 Å². The van der Waals surface area contributed by atoms with Gasteiger partial charge in [-0.05, 0) is 35.4 Å². The summed E-state index contributed by atoms with van der Waals surface area (Å²) in [5, 5.41) is 7.56. The molecule has 0 saturated carbocycles. The minimum absolute atomic E-state index is 1.04. The predicted octanol–water partition coefficient (Wildman–Crippen LogP) is 9.98. The molecule has 0 atom stereocenters. The van der Waals surface area contributed by atoms with Crippen molar-refractivity contribution in [1.29, 1.82) is 0 Å². The molecular weight excluding hydrogens is 515 g/mol. The molecule has 0 aliphatic rings. The van der Waals surface area contributed by atoms with Crippen LogP contribution in [0.1, 0.15) is 0 Å². The molecule has 0 N–H and O–H groups in total. The molecule has 5 aromatic carbocycles. The SMILES string of the molecule is c1ccc(-c2ccc(-n3c4ccccc4c4c5c6cncnc6sc5c5c6ccccc6sc5c43)cc2)cc1. The van der Waals surface area contributed by atoms with Crippen molar-refractivity contribution in [2.75, 3.05) is 0 Å². The molecule has 0 bridgehead atoms. The molecule has 5 heteroatoms. The third kappa shape index (κ3) is 2.91. The van der Waals surface area contributed by atoms with Gasteiger partial charge in [-0.15, -0.1) is 22.7 Å². The van der Waals surface area contributed by atoms with Gasteiger partial charge in [-0.2, -0.15) is 0 Å². The Kier molecular flexibility index (Phi) is 4.36. The Hall–Kier alpha value is -4.58. The summed E-state index contributed by atoms with van der Waals surface area (Å²) in [7, 11) is 0. The van der Waals surface area contributed by atoms with Crippen molar-refractivity contribution in [2.45, 2.75) is 0 Å². The van der Waals surface area contributed by atoms with E-state index in [1.165, 1.54) is 63.2 Å². The van der Waals surface area contributed by atoms with E-state index in [1.54, 1.807) is 17.7 Å². The normalized spacial score (nSPS) is 12.1. The number of fused-ring (bicyclic) bond motifs is 12. The fraction of sp³-hybridized carbons (Fsp3) is 0. The van der Waals surface area contributed by atoms with E-state index < -0.39 is 0 Å².